The molecule has 0 N–H and O–H groups in total. The highest BCUT2D eigenvalue weighted by Crippen LogP contribution is 2.37. The van der Waals surface area contributed by atoms with Crippen molar-refractivity contribution in [2.24, 2.45) is 0 Å². The van der Waals surface area contributed by atoms with Gasteiger partial charge >= 0.3 is 0 Å². The van der Waals surface area contributed by atoms with E-state index in [1.165, 1.54) is 10.8 Å². The van der Waals surface area contributed by atoms with E-state index >= 15 is 0 Å². The molecule has 3 aromatic heterocycles. The predicted octanol–water partition coefficient (Wildman–Crippen LogP) is 8.06. The van der Waals surface area contributed by atoms with E-state index in [-0.39, 0.29) is 0 Å². The Labute approximate surface area is 203 Å². The average molecular weight is 448 g/mol. The van der Waals surface area contributed by atoms with Crippen LogP contribution in [0.1, 0.15) is 0 Å². The van der Waals surface area contributed by atoms with Gasteiger partial charge in [-0.2, -0.15) is 0 Å². The lowest BCUT2D eigenvalue weighted by Gasteiger charge is -2.13. The summed E-state index contributed by atoms with van der Waals surface area (Å²) >= 11 is 0. The van der Waals surface area contributed by atoms with Crippen LogP contribution in [0.25, 0.3) is 60.9 Å². The van der Waals surface area contributed by atoms with Gasteiger partial charge in [0.15, 0.2) is 0 Å². The minimum absolute atomic E-state index is 0.951. The third-order valence-electron chi connectivity index (χ3n) is 6.62. The molecule has 0 aliphatic rings. The number of para-hydroxylation sites is 1. The summed E-state index contributed by atoms with van der Waals surface area (Å²) in [7, 11) is 0. The molecule has 0 radical (unpaired) electrons. The maximum atomic E-state index is 5.07. The van der Waals surface area contributed by atoms with Gasteiger partial charge in [0.05, 0.1) is 33.6 Å². The highest BCUT2D eigenvalue weighted by Gasteiger charge is 2.17. The molecule has 0 unspecified atom stereocenters. The monoisotopic (exact) mass is 447 g/mol. The van der Waals surface area contributed by atoms with Gasteiger partial charge in [0.1, 0.15) is 0 Å². The molecule has 7 rings (SSSR count). The molecule has 0 aliphatic carbocycles. The summed E-state index contributed by atoms with van der Waals surface area (Å²) in [6.45, 7) is 0. The molecule has 0 bridgehead atoms. The molecule has 7 aromatic rings. The van der Waals surface area contributed by atoms with Crippen LogP contribution >= 0.6 is 0 Å². The van der Waals surface area contributed by atoms with E-state index in [9.17, 15) is 0 Å². The fraction of sp³-hybridized carbons (Fsp3) is 0. The van der Waals surface area contributed by atoms with Crippen molar-refractivity contribution in [3.05, 3.63) is 128 Å². The number of pyridine rings is 2. The topological polar surface area (TPSA) is 30.7 Å². The zero-order valence-corrected chi connectivity index (χ0v) is 19.0. The zero-order chi connectivity index (χ0) is 23.2. The van der Waals surface area contributed by atoms with Crippen LogP contribution in [0.15, 0.2) is 128 Å². The summed E-state index contributed by atoms with van der Waals surface area (Å²) in [6, 6.07) is 42.2. The summed E-state index contributed by atoms with van der Waals surface area (Å²) in [5.74, 6) is 0. The summed E-state index contributed by atoms with van der Waals surface area (Å²) in [4.78, 5) is 9.84. The van der Waals surface area contributed by atoms with Crippen LogP contribution in [-0.2, 0) is 0 Å². The summed E-state index contributed by atoms with van der Waals surface area (Å²) < 4.78 is 2.35. The molecular weight excluding hydrogens is 426 g/mol. The first-order valence-corrected chi connectivity index (χ1v) is 11.8. The van der Waals surface area contributed by atoms with Gasteiger partial charge in [-0.15, -0.1) is 0 Å². The smallest absolute Gasteiger partial charge is 0.0802 e. The normalized spacial score (nSPS) is 11.4. The van der Waals surface area contributed by atoms with Crippen molar-refractivity contribution in [3.8, 4) is 28.2 Å². The first-order chi connectivity index (χ1) is 17.4. The standard InChI is InChI=1S/C32H21N3/c1-3-10-22(11-4-1)27-20-25(21-28(34-27)23-12-5-2-6-13-23)35-29-16-8-7-15-26(29)31-30(35)18-17-24-14-9-19-33-32(24)31/h1-21H. The van der Waals surface area contributed by atoms with Gasteiger partial charge in [-0.05, 0) is 30.3 Å². The van der Waals surface area contributed by atoms with Crippen molar-refractivity contribution in [2.45, 2.75) is 0 Å². The molecule has 164 valence electrons. The Morgan fingerprint density at radius 3 is 1.91 bits per heavy atom. The Kier molecular flexibility index (Phi) is 4.46. The van der Waals surface area contributed by atoms with Crippen molar-refractivity contribution in [2.75, 3.05) is 0 Å². The van der Waals surface area contributed by atoms with Gasteiger partial charge < -0.3 is 4.57 Å². The molecule has 0 aliphatic heterocycles. The molecule has 0 fully saturated rings. The van der Waals surface area contributed by atoms with Crippen molar-refractivity contribution in [1.29, 1.82) is 0 Å². The van der Waals surface area contributed by atoms with E-state index in [0.717, 1.165) is 50.1 Å². The zero-order valence-electron chi connectivity index (χ0n) is 19.0. The van der Waals surface area contributed by atoms with Gasteiger partial charge in [0, 0.05) is 33.5 Å². The van der Waals surface area contributed by atoms with Crippen LogP contribution in [-0.4, -0.2) is 14.5 Å². The van der Waals surface area contributed by atoms with Crippen LogP contribution in [0.3, 0.4) is 0 Å². The Balaban J connectivity index is 1.60. The summed E-state index contributed by atoms with van der Waals surface area (Å²) in [5, 5.41) is 3.52. The highest BCUT2D eigenvalue weighted by atomic mass is 15.0. The van der Waals surface area contributed by atoms with E-state index in [0.29, 0.717) is 0 Å². The van der Waals surface area contributed by atoms with Crippen LogP contribution < -0.4 is 0 Å². The quantitative estimate of drug-likeness (QED) is 0.274. The maximum Gasteiger partial charge on any atom is 0.0802 e. The first kappa shape index (κ1) is 19.7. The Hall–Kier alpha value is -4.76. The molecule has 35 heavy (non-hydrogen) atoms. The van der Waals surface area contributed by atoms with Crippen LogP contribution in [0.2, 0.25) is 0 Å². The first-order valence-electron chi connectivity index (χ1n) is 11.8. The number of fused-ring (bicyclic) bond motifs is 5. The minimum Gasteiger partial charge on any atom is -0.309 e. The molecule has 0 spiro atoms. The molecule has 3 heteroatoms. The van der Waals surface area contributed by atoms with Gasteiger partial charge in [-0.3, -0.25) is 4.98 Å². The highest BCUT2D eigenvalue weighted by molar-refractivity contribution is 6.20. The second-order valence-corrected chi connectivity index (χ2v) is 8.72. The second-order valence-electron chi connectivity index (χ2n) is 8.72. The van der Waals surface area contributed by atoms with E-state index < -0.39 is 0 Å². The molecule has 0 saturated heterocycles. The average Bonchev–Trinajstić information content (AvgIpc) is 3.29. The number of hydrogen-bond donors (Lipinski definition) is 0. The number of rotatable bonds is 3. The van der Waals surface area contributed by atoms with Crippen molar-refractivity contribution in [3.63, 3.8) is 0 Å². The maximum absolute atomic E-state index is 5.07. The van der Waals surface area contributed by atoms with Crippen molar-refractivity contribution in [1.82, 2.24) is 14.5 Å². The Morgan fingerprint density at radius 2 is 1.20 bits per heavy atom. The molecule has 0 saturated carbocycles. The fourth-order valence-corrected chi connectivity index (χ4v) is 5.03. The lowest BCUT2D eigenvalue weighted by atomic mass is 10.1. The van der Waals surface area contributed by atoms with E-state index in [1.54, 1.807) is 0 Å². The number of benzene rings is 4. The lowest BCUT2D eigenvalue weighted by molar-refractivity contribution is 1.16. The van der Waals surface area contributed by atoms with Crippen molar-refractivity contribution >= 4 is 32.7 Å². The largest absolute Gasteiger partial charge is 0.309 e. The second kappa shape index (κ2) is 7.93. The third kappa shape index (κ3) is 3.21. The van der Waals surface area contributed by atoms with E-state index in [1.807, 2.05) is 24.4 Å². The predicted molar refractivity (Wildman–Crippen MR) is 145 cm³/mol. The number of aromatic nitrogens is 3. The number of nitrogens with zero attached hydrogens (tertiary/aromatic N) is 3. The SMILES string of the molecule is c1ccc(-c2cc(-n3c4ccccc4c4c5ncccc5ccc43)cc(-c3ccccc3)n2)cc1. The molecule has 0 amide bonds. The van der Waals surface area contributed by atoms with Crippen molar-refractivity contribution < 1.29 is 0 Å². The van der Waals surface area contributed by atoms with Crippen LogP contribution in [0.4, 0.5) is 0 Å². The van der Waals surface area contributed by atoms with Crippen LogP contribution in [0, 0.1) is 0 Å². The van der Waals surface area contributed by atoms with Crippen LogP contribution in [0.5, 0.6) is 0 Å². The molecule has 4 aromatic carbocycles. The summed E-state index contributed by atoms with van der Waals surface area (Å²) in [5.41, 5.74) is 8.50. The molecule has 3 heterocycles. The van der Waals surface area contributed by atoms with E-state index in [2.05, 4.69) is 108 Å². The van der Waals surface area contributed by atoms with Gasteiger partial charge in [0.2, 0.25) is 0 Å². The van der Waals surface area contributed by atoms with Gasteiger partial charge in [-0.1, -0.05) is 91.0 Å². The molecular formula is C32H21N3. The fourth-order valence-electron chi connectivity index (χ4n) is 5.03. The van der Waals surface area contributed by atoms with Gasteiger partial charge in [0.25, 0.3) is 0 Å². The Morgan fingerprint density at radius 1 is 0.543 bits per heavy atom. The van der Waals surface area contributed by atoms with E-state index in [4.69, 9.17) is 9.97 Å². The Bertz CT molecular complexity index is 1780. The summed E-state index contributed by atoms with van der Waals surface area (Å²) in [6.07, 6.45) is 1.88. The molecule has 3 nitrogen and oxygen atoms in total. The molecule has 0 atom stereocenters. The minimum atomic E-state index is 0.951. The lowest BCUT2D eigenvalue weighted by Crippen LogP contribution is -1.98. The third-order valence-corrected chi connectivity index (χ3v) is 6.62. The number of hydrogen-bond acceptors (Lipinski definition) is 2. The van der Waals surface area contributed by atoms with Gasteiger partial charge in [-0.25, -0.2) is 4.98 Å².